The van der Waals surface area contributed by atoms with Gasteiger partial charge in [0.05, 0.1) is 6.54 Å². The zero-order valence-electron chi connectivity index (χ0n) is 14.1. The van der Waals surface area contributed by atoms with Crippen LogP contribution in [-0.2, 0) is 0 Å². The Morgan fingerprint density at radius 2 is 1.61 bits per heavy atom. The molecule has 0 aromatic heterocycles. The Bertz CT molecular complexity index is 697. The van der Waals surface area contributed by atoms with Crippen LogP contribution < -0.4 is 0 Å². The van der Waals surface area contributed by atoms with Crippen molar-refractivity contribution in [3.05, 3.63) is 77.4 Å². The van der Waals surface area contributed by atoms with Crippen molar-refractivity contribution >= 4 is 11.8 Å². The first kappa shape index (κ1) is 15.7. The van der Waals surface area contributed by atoms with E-state index in [1.54, 1.807) is 0 Å². The first-order chi connectivity index (χ1) is 11.2. The van der Waals surface area contributed by atoms with Gasteiger partial charge in [0, 0.05) is 17.6 Å². The van der Waals surface area contributed by atoms with Crippen LogP contribution in [0.25, 0.3) is 6.08 Å². The standard InChI is InChI=1S/C21H25N2/c1-22(2)15-16-23-14-13-20(17-18-9-5-3-6-10-18)21(23)19-11-7-4-8-12-19/h3-12,17H,13-16H2,1-2H3/q+1/b20-17+. The van der Waals surface area contributed by atoms with Gasteiger partial charge in [0.15, 0.2) is 6.54 Å². The fraction of sp³-hybridized carbons (Fsp3) is 0.286. The zero-order valence-corrected chi connectivity index (χ0v) is 14.1. The summed E-state index contributed by atoms with van der Waals surface area (Å²) in [6, 6.07) is 21.4. The molecule has 0 aliphatic carbocycles. The van der Waals surface area contributed by atoms with Crippen molar-refractivity contribution in [3.63, 3.8) is 0 Å². The molecular weight excluding hydrogens is 280 g/mol. The van der Waals surface area contributed by atoms with Gasteiger partial charge in [0.25, 0.3) is 0 Å². The molecule has 2 aromatic carbocycles. The van der Waals surface area contributed by atoms with Crippen LogP contribution in [0.3, 0.4) is 0 Å². The molecule has 23 heavy (non-hydrogen) atoms. The van der Waals surface area contributed by atoms with E-state index in [1.165, 1.54) is 22.4 Å². The van der Waals surface area contributed by atoms with E-state index >= 15 is 0 Å². The average molecular weight is 305 g/mol. The normalized spacial score (nSPS) is 16.6. The Kier molecular flexibility index (Phi) is 5.04. The van der Waals surface area contributed by atoms with E-state index in [4.69, 9.17) is 0 Å². The molecular formula is C21H25N2+. The summed E-state index contributed by atoms with van der Waals surface area (Å²) in [5.74, 6) is 0. The number of hydrogen-bond donors (Lipinski definition) is 0. The van der Waals surface area contributed by atoms with Gasteiger partial charge in [-0.1, -0.05) is 48.5 Å². The highest BCUT2D eigenvalue weighted by Gasteiger charge is 2.28. The van der Waals surface area contributed by atoms with Crippen molar-refractivity contribution in [1.29, 1.82) is 0 Å². The van der Waals surface area contributed by atoms with Crippen LogP contribution in [0.4, 0.5) is 0 Å². The molecule has 0 N–H and O–H groups in total. The summed E-state index contributed by atoms with van der Waals surface area (Å²) >= 11 is 0. The number of nitrogens with zero attached hydrogens (tertiary/aromatic N) is 2. The molecule has 2 nitrogen and oxygen atoms in total. The molecule has 0 saturated carbocycles. The highest BCUT2D eigenvalue weighted by atomic mass is 15.1. The predicted molar refractivity (Wildman–Crippen MR) is 98.1 cm³/mol. The Morgan fingerprint density at radius 3 is 2.26 bits per heavy atom. The van der Waals surface area contributed by atoms with E-state index < -0.39 is 0 Å². The molecule has 1 aliphatic rings. The average Bonchev–Trinajstić information content (AvgIpc) is 2.97. The summed E-state index contributed by atoms with van der Waals surface area (Å²) < 4.78 is 2.53. The Labute approximate surface area is 139 Å². The SMILES string of the molecule is CN(C)CC[N+]1=C(c2ccccc2)/C(=C/c2ccccc2)CC1. The van der Waals surface area contributed by atoms with Crippen molar-refractivity contribution in [2.24, 2.45) is 0 Å². The van der Waals surface area contributed by atoms with Crippen LogP contribution in [-0.4, -0.2) is 48.9 Å². The van der Waals surface area contributed by atoms with Gasteiger partial charge < -0.3 is 4.90 Å². The number of hydrogen-bond acceptors (Lipinski definition) is 1. The lowest BCUT2D eigenvalue weighted by molar-refractivity contribution is -0.519. The monoisotopic (exact) mass is 305 g/mol. The van der Waals surface area contributed by atoms with Gasteiger partial charge in [0.2, 0.25) is 5.71 Å². The molecule has 0 spiro atoms. The highest BCUT2D eigenvalue weighted by Crippen LogP contribution is 2.22. The first-order valence-electron chi connectivity index (χ1n) is 8.32. The largest absolute Gasteiger partial charge is 0.303 e. The van der Waals surface area contributed by atoms with Gasteiger partial charge in [-0.2, -0.15) is 0 Å². The maximum atomic E-state index is 2.53. The number of likely N-dealkylation sites (N-methyl/N-ethyl adjacent to an activating group) is 1. The van der Waals surface area contributed by atoms with E-state index in [1.807, 2.05) is 0 Å². The first-order valence-corrected chi connectivity index (χ1v) is 8.32. The van der Waals surface area contributed by atoms with Crippen LogP contribution in [0.2, 0.25) is 0 Å². The van der Waals surface area contributed by atoms with Gasteiger partial charge in [-0.25, -0.2) is 4.58 Å². The minimum atomic E-state index is 1.07. The lowest BCUT2D eigenvalue weighted by Gasteiger charge is -2.08. The molecule has 3 rings (SSSR count). The lowest BCUT2D eigenvalue weighted by Crippen LogP contribution is -2.27. The van der Waals surface area contributed by atoms with Crippen LogP contribution in [0.5, 0.6) is 0 Å². The fourth-order valence-corrected chi connectivity index (χ4v) is 3.09. The second kappa shape index (κ2) is 7.38. The quantitative estimate of drug-likeness (QED) is 0.766. The van der Waals surface area contributed by atoms with Crippen molar-refractivity contribution in [1.82, 2.24) is 4.90 Å². The van der Waals surface area contributed by atoms with Crippen molar-refractivity contribution in [2.75, 3.05) is 33.7 Å². The van der Waals surface area contributed by atoms with Crippen LogP contribution in [0.15, 0.2) is 66.2 Å². The number of rotatable bonds is 5. The molecule has 0 radical (unpaired) electrons. The molecule has 118 valence electrons. The molecule has 2 aromatic rings. The predicted octanol–water partition coefficient (Wildman–Crippen LogP) is 3.54. The molecule has 0 fully saturated rings. The second-order valence-electron chi connectivity index (χ2n) is 6.34. The topological polar surface area (TPSA) is 6.25 Å². The third-order valence-electron chi connectivity index (χ3n) is 4.28. The zero-order chi connectivity index (χ0) is 16.1. The minimum absolute atomic E-state index is 1.07. The van der Waals surface area contributed by atoms with E-state index in [-0.39, 0.29) is 0 Å². The Balaban J connectivity index is 1.98. The summed E-state index contributed by atoms with van der Waals surface area (Å²) in [6.45, 7) is 3.26. The van der Waals surface area contributed by atoms with E-state index in [9.17, 15) is 0 Å². The van der Waals surface area contributed by atoms with E-state index in [2.05, 4.69) is 90.3 Å². The van der Waals surface area contributed by atoms with Crippen molar-refractivity contribution in [3.8, 4) is 0 Å². The highest BCUT2D eigenvalue weighted by molar-refractivity contribution is 6.12. The number of benzene rings is 2. The summed E-state index contributed by atoms with van der Waals surface area (Å²) in [6.07, 6.45) is 3.46. The summed E-state index contributed by atoms with van der Waals surface area (Å²) in [4.78, 5) is 2.25. The van der Waals surface area contributed by atoms with Gasteiger partial charge in [-0.3, -0.25) is 0 Å². The van der Waals surface area contributed by atoms with Crippen LogP contribution in [0, 0.1) is 0 Å². The molecule has 0 bridgehead atoms. The third kappa shape index (κ3) is 3.96. The lowest BCUT2D eigenvalue weighted by atomic mass is 10.00. The third-order valence-corrected chi connectivity index (χ3v) is 4.28. The smallest absolute Gasteiger partial charge is 0.210 e. The maximum absolute atomic E-state index is 2.53. The Morgan fingerprint density at radius 1 is 0.957 bits per heavy atom. The van der Waals surface area contributed by atoms with E-state index in [0.717, 1.165) is 26.1 Å². The molecule has 2 heteroatoms. The van der Waals surface area contributed by atoms with Crippen LogP contribution in [0.1, 0.15) is 17.5 Å². The fourth-order valence-electron chi connectivity index (χ4n) is 3.09. The summed E-state index contributed by atoms with van der Waals surface area (Å²) in [7, 11) is 4.28. The maximum Gasteiger partial charge on any atom is 0.210 e. The molecule has 0 amide bonds. The molecule has 1 heterocycles. The van der Waals surface area contributed by atoms with Gasteiger partial charge in [-0.05, 0) is 37.9 Å². The second-order valence-corrected chi connectivity index (χ2v) is 6.34. The summed E-state index contributed by atoms with van der Waals surface area (Å²) in [5.41, 5.74) is 5.45. The summed E-state index contributed by atoms with van der Waals surface area (Å²) in [5, 5.41) is 0. The molecule has 0 unspecified atom stereocenters. The van der Waals surface area contributed by atoms with Gasteiger partial charge in [0.1, 0.15) is 6.54 Å². The van der Waals surface area contributed by atoms with Crippen molar-refractivity contribution < 1.29 is 4.58 Å². The van der Waals surface area contributed by atoms with Crippen LogP contribution >= 0.6 is 0 Å². The minimum Gasteiger partial charge on any atom is -0.303 e. The van der Waals surface area contributed by atoms with Crippen molar-refractivity contribution in [2.45, 2.75) is 6.42 Å². The molecule has 0 atom stereocenters. The molecule has 1 aliphatic heterocycles. The van der Waals surface area contributed by atoms with E-state index in [0.29, 0.717) is 0 Å². The van der Waals surface area contributed by atoms with Gasteiger partial charge >= 0.3 is 0 Å². The van der Waals surface area contributed by atoms with Gasteiger partial charge in [-0.15, -0.1) is 0 Å². The Hall–Kier alpha value is -2.19. The molecule has 0 saturated heterocycles.